The molecule has 0 fully saturated rings. The zero-order chi connectivity index (χ0) is 15.4. The van der Waals surface area contributed by atoms with E-state index < -0.39 is 5.97 Å². The normalized spacial score (nSPS) is 8.60. The van der Waals surface area contributed by atoms with E-state index in [0.29, 0.717) is 5.56 Å². The average Bonchev–Trinajstić information content (AvgIpc) is 2.52. The zero-order valence-electron chi connectivity index (χ0n) is 12.6. The van der Waals surface area contributed by atoms with E-state index >= 15 is 0 Å². The average molecular weight is 273 g/mol. The van der Waals surface area contributed by atoms with Crippen molar-refractivity contribution in [2.75, 3.05) is 0 Å². The van der Waals surface area contributed by atoms with Gasteiger partial charge in [-0.05, 0) is 41.8 Å². The van der Waals surface area contributed by atoms with Crippen molar-refractivity contribution in [1.82, 2.24) is 4.98 Å². The summed E-state index contributed by atoms with van der Waals surface area (Å²) < 4.78 is 0. The van der Waals surface area contributed by atoms with Crippen LogP contribution in [0.2, 0.25) is 0 Å². The number of carboxylic acid groups (broad SMARTS) is 1. The highest BCUT2D eigenvalue weighted by atomic mass is 16.4. The van der Waals surface area contributed by atoms with Crippen molar-refractivity contribution >= 4 is 5.97 Å². The molecule has 2 aromatic rings. The molecule has 1 N–H and O–H groups in total. The number of pyridine rings is 1. The molecule has 0 saturated heterocycles. The Labute approximate surface area is 121 Å². The van der Waals surface area contributed by atoms with Gasteiger partial charge in [0.25, 0.3) is 0 Å². The van der Waals surface area contributed by atoms with Crippen LogP contribution >= 0.6 is 0 Å². The topological polar surface area (TPSA) is 50.2 Å². The fraction of sp³-hybridized carbons (Fsp3) is 0.294. The van der Waals surface area contributed by atoms with Gasteiger partial charge in [-0.3, -0.25) is 4.98 Å². The molecule has 0 unspecified atom stereocenters. The lowest BCUT2D eigenvalue weighted by Gasteiger charge is -2.02. The van der Waals surface area contributed by atoms with Crippen LogP contribution in [-0.4, -0.2) is 16.1 Å². The number of aromatic nitrogens is 1. The molecule has 1 heterocycles. The first kappa shape index (κ1) is 17.8. The molecule has 0 aliphatic carbocycles. The SMILES string of the molecule is CC.CC.O=C(O)c1cccc(Cc2ccncc2)c1. The van der Waals surface area contributed by atoms with E-state index in [1.54, 1.807) is 30.6 Å². The maximum Gasteiger partial charge on any atom is 0.335 e. The van der Waals surface area contributed by atoms with Crippen molar-refractivity contribution in [3.63, 3.8) is 0 Å². The summed E-state index contributed by atoms with van der Waals surface area (Å²) >= 11 is 0. The molecule has 0 bridgehead atoms. The highest BCUT2D eigenvalue weighted by Gasteiger charge is 2.03. The Hall–Kier alpha value is -2.16. The van der Waals surface area contributed by atoms with Crippen LogP contribution in [0.1, 0.15) is 49.2 Å². The Morgan fingerprint density at radius 3 is 2.15 bits per heavy atom. The predicted molar refractivity (Wildman–Crippen MR) is 83.1 cm³/mol. The van der Waals surface area contributed by atoms with Crippen LogP contribution in [-0.2, 0) is 6.42 Å². The summed E-state index contributed by atoms with van der Waals surface area (Å²) in [4.78, 5) is 14.7. The van der Waals surface area contributed by atoms with Crippen molar-refractivity contribution < 1.29 is 9.90 Å². The van der Waals surface area contributed by atoms with Gasteiger partial charge in [0.2, 0.25) is 0 Å². The van der Waals surface area contributed by atoms with Gasteiger partial charge in [-0.1, -0.05) is 39.8 Å². The molecule has 20 heavy (non-hydrogen) atoms. The van der Waals surface area contributed by atoms with E-state index in [9.17, 15) is 4.79 Å². The van der Waals surface area contributed by atoms with Crippen LogP contribution in [0.5, 0.6) is 0 Å². The summed E-state index contributed by atoms with van der Waals surface area (Å²) in [6.07, 6.45) is 4.19. The molecule has 0 aliphatic heterocycles. The van der Waals surface area contributed by atoms with Gasteiger partial charge in [0.1, 0.15) is 0 Å². The number of hydrogen-bond acceptors (Lipinski definition) is 2. The number of rotatable bonds is 3. The summed E-state index contributed by atoms with van der Waals surface area (Å²) in [6.45, 7) is 8.00. The molecule has 0 radical (unpaired) electrons. The fourth-order valence-corrected chi connectivity index (χ4v) is 1.55. The first-order valence-electron chi connectivity index (χ1n) is 6.97. The van der Waals surface area contributed by atoms with Gasteiger partial charge >= 0.3 is 5.97 Å². The zero-order valence-corrected chi connectivity index (χ0v) is 12.6. The van der Waals surface area contributed by atoms with Gasteiger partial charge in [-0.25, -0.2) is 4.79 Å². The molecule has 1 aromatic carbocycles. The Morgan fingerprint density at radius 2 is 1.60 bits per heavy atom. The minimum Gasteiger partial charge on any atom is -0.478 e. The van der Waals surface area contributed by atoms with Gasteiger partial charge in [0.15, 0.2) is 0 Å². The number of aromatic carboxylic acids is 1. The highest BCUT2D eigenvalue weighted by Crippen LogP contribution is 2.10. The van der Waals surface area contributed by atoms with Crippen molar-refractivity contribution in [2.24, 2.45) is 0 Å². The maximum atomic E-state index is 10.8. The quantitative estimate of drug-likeness (QED) is 0.900. The first-order valence-corrected chi connectivity index (χ1v) is 6.97. The van der Waals surface area contributed by atoms with Gasteiger partial charge < -0.3 is 5.11 Å². The Balaban J connectivity index is 0.000000829. The van der Waals surface area contributed by atoms with Gasteiger partial charge in [0, 0.05) is 12.4 Å². The number of nitrogens with zero attached hydrogens (tertiary/aromatic N) is 1. The van der Waals surface area contributed by atoms with Crippen molar-refractivity contribution in [1.29, 1.82) is 0 Å². The Morgan fingerprint density at radius 1 is 1.00 bits per heavy atom. The number of hydrogen-bond donors (Lipinski definition) is 1. The van der Waals surface area contributed by atoms with Gasteiger partial charge in [-0.15, -0.1) is 0 Å². The molecule has 3 nitrogen and oxygen atoms in total. The Kier molecular flexibility index (Phi) is 9.57. The lowest BCUT2D eigenvalue weighted by Crippen LogP contribution is -1.97. The molecule has 3 heteroatoms. The molecule has 0 aliphatic rings. The summed E-state index contributed by atoms with van der Waals surface area (Å²) in [7, 11) is 0. The predicted octanol–water partition coefficient (Wildman–Crippen LogP) is 4.42. The Bertz CT molecular complexity index is 495. The summed E-state index contributed by atoms with van der Waals surface area (Å²) in [5, 5.41) is 8.87. The van der Waals surface area contributed by atoms with Crippen LogP contribution < -0.4 is 0 Å². The van der Waals surface area contributed by atoms with Crippen LogP contribution in [0, 0.1) is 0 Å². The fourth-order valence-electron chi connectivity index (χ4n) is 1.55. The van der Waals surface area contributed by atoms with Crippen molar-refractivity contribution in [3.8, 4) is 0 Å². The minimum atomic E-state index is -0.892. The number of benzene rings is 1. The standard InChI is InChI=1S/C13H11NO2.2C2H6/c15-13(16)12-3-1-2-11(9-12)8-10-4-6-14-7-5-10;2*1-2/h1-7,9H,8H2,(H,15,16);2*1-2H3. The molecule has 0 saturated carbocycles. The molecule has 0 atom stereocenters. The molecular formula is C17H23NO2. The van der Waals surface area contributed by atoms with Crippen LogP contribution in [0.15, 0.2) is 48.8 Å². The summed E-state index contributed by atoms with van der Waals surface area (Å²) in [5.74, 6) is -0.892. The lowest BCUT2D eigenvalue weighted by molar-refractivity contribution is 0.0697. The highest BCUT2D eigenvalue weighted by molar-refractivity contribution is 5.87. The third-order valence-corrected chi connectivity index (χ3v) is 2.33. The second kappa shape index (κ2) is 10.7. The van der Waals surface area contributed by atoms with E-state index in [4.69, 9.17) is 5.11 Å². The van der Waals surface area contributed by atoms with Gasteiger partial charge in [0.05, 0.1) is 5.56 Å². The van der Waals surface area contributed by atoms with Crippen molar-refractivity contribution in [3.05, 3.63) is 65.5 Å². The summed E-state index contributed by atoms with van der Waals surface area (Å²) in [6, 6.07) is 10.8. The third-order valence-electron chi connectivity index (χ3n) is 2.33. The number of carbonyl (C=O) groups is 1. The smallest absolute Gasteiger partial charge is 0.335 e. The van der Waals surface area contributed by atoms with E-state index in [1.165, 1.54) is 0 Å². The van der Waals surface area contributed by atoms with E-state index in [1.807, 2.05) is 45.9 Å². The maximum absolute atomic E-state index is 10.8. The second-order valence-corrected chi connectivity index (χ2v) is 3.54. The van der Waals surface area contributed by atoms with Crippen LogP contribution in [0.4, 0.5) is 0 Å². The molecular weight excluding hydrogens is 250 g/mol. The van der Waals surface area contributed by atoms with E-state index in [-0.39, 0.29) is 0 Å². The third kappa shape index (κ3) is 6.14. The number of carboxylic acids is 1. The largest absolute Gasteiger partial charge is 0.478 e. The molecule has 1 aromatic heterocycles. The first-order chi connectivity index (χ1) is 9.75. The molecule has 0 amide bonds. The lowest BCUT2D eigenvalue weighted by atomic mass is 10.0. The van der Waals surface area contributed by atoms with E-state index in [2.05, 4.69) is 4.98 Å². The minimum absolute atomic E-state index is 0.326. The van der Waals surface area contributed by atoms with E-state index in [0.717, 1.165) is 17.5 Å². The van der Waals surface area contributed by atoms with Gasteiger partial charge in [-0.2, -0.15) is 0 Å². The monoisotopic (exact) mass is 273 g/mol. The second-order valence-electron chi connectivity index (χ2n) is 3.54. The van der Waals surface area contributed by atoms with Crippen LogP contribution in [0.25, 0.3) is 0 Å². The molecule has 108 valence electrons. The van der Waals surface area contributed by atoms with Crippen LogP contribution in [0.3, 0.4) is 0 Å². The molecule has 0 spiro atoms. The summed E-state index contributed by atoms with van der Waals surface area (Å²) in [5.41, 5.74) is 2.44. The van der Waals surface area contributed by atoms with Crippen molar-refractivity contribution in [2.45, 2.75) is 34.1 Å². The molecule has 2 rings (SSSR count).